The van der Waals surface area contributed by atoms with E-state index in [2.05, 4.69) is 10.2 Å². The summed E-state index contributed by atoms with van der Waals surface area (Å²) in [6.07, 6.45) is 0. The number of anilines is 1. The summed E-state index contributed by atoms with van der Waals surface area (Å²) in [5, 5.41) is 7.71. The van der Waals surface area contributed by atoms with Crippen LogP contribution in [0.1, 0.15) is 5.89 Å². The van der Waals surface area contributed by atoms with E-state index in [0.29, 0.717) is 43.8 Å². The first-order valence-electron chi connectivity index (χ1n) is 7.85. The van der Waals surface area contributed by atoms with E-state index in [9.17, 15) is 12.8 Å². The normalized spacial score (nSPS) is 16.2. The Morgan fingerprint density at radius 3 is 2.44 bits per heavy atom. The number of nitrogens with zero attached hydrogens (tertiary/aromatic N) is 4. The highest BCUT2D eigenvalue weighted by Gasteiger charge is 2.28. The number of halogens is 1. The van der Waals surface area contributed by atoms with Crippen molar-refractivity contribution in [3.8, 4) is 5.75 Å². The zero-order chi connectivity index (χ0) is 17.9. The highest BCUT2D eigenvalue weighted by molar-refractivity contribution is 7.89. The average molecular weight is 370 g/mol. The van der Waals surface area contributed by atoms with Crippen molar-refractivity contribution in [2.24, 2.45) is 0 Å². The molecule has 3 rings (SSSR count). The summed E-state index contributed by atoms with van der Waals surface area (Å²) in [4.78, 5) is 1.86. The average Bonchev–Trinajstić information content (AvgIpc) is 3.03. The molecule has 0 atom stereocenters. The number of rotatable bonds is 6. The highest BCUT2D eigenvalue weighted by atomic mass is 32.2. The third kappa shape index (κ3) is 4.45. The molecule has 1 aliphatic rings. The number of hydrogen-bond acceptors (Lipinski definition) is 7. The number of benzene rings is 1. The van der Waals surface area contributed by atoms with Crippen LogP contribution in [0.15, 0.2) is 28.7 Å². The molecule has 0 N–H and O–H groups in total. The maximum Gasteiger partial charge on any atom is 0.318 e. The summed E-state index contributed by atoms with van der Waals surface area (Å²) in [5.74, 6) is 0.412. The predicted molar refractivity (Wildman–Crippen MR) is 88.5 cm³/mol. The van der Waals surface area contributed by atoms with E-state index in [1.807, 2.05) is 4.90 Å². The summed E-state index contributed by atoms with van der Waals surface area (Å²) < 4.78 is 49.8. The van der Waals surface area contributed by atoms with Gasteiger partial charge >= 0.3 is 6.01 Å². The van der Waals surface area contributed by atoms with Gasteiger partial charge in [-0.15, -0.1) is 5.10 Å². The van der Waals surface area contributed by atoms with Gasteiger partial charge in [-0.05, 0) is 24.3 Å². The van der Waals surface area contributed by atoms with Crippen LogP contribution in [-0.4, -0.2) is 61.5 Å². The maximum atomic E-state index is 12.8. The summed E-state index contributed by atoms with van der Waals surface area (Å²) >= 11 is 0. The van der Waals surface area contributed by atoms with E-state index in [1.165, 1.54) is 28.6 Å². The Labute approximate surface area is 145 Å². The van der Waals surface area contributed by atoms with Crippen LogP contribution in [0.25, 0.3) is 0 Å². The monoisotopic (exact) mass is 370 g/mol. The fourth-order valence-electron chi connectivity index (χ4n) is 2.50. The van der Waals surface area contributed by atoms with E-state index >= 15 is 0 Å². The van der Waals surface area contributed by atoms with Crippen molar-refractivity contribution in [2.45, 2.75) is 6.92 Å². The Kier molecular flexibility index (Phi) is 5.19. The molecule has 1 fully saturated rings. The van der Waals surface area contributed by atoms with Crippen molar-refractivity contribution in [2.75, 3.05) is 43.4 Å². The molecule has 0 radical (unpaired) electrons. The van der Waals surface area contributed by atoms with E-state index in [-0.39, 0.29) is 18.2 Å². The lowest BCUT2D eigenvalue weighted by atomic mass is 10.3. The van der Waals surface area contributed by atoms with E-state index in [4.69, 9.17) is 9.15 Å². The Balaban J connectivity index is 1.48. The van der Waals surface area contributed by atoms with Crippen LogP contribution < -0.4 is 9.64 Å². The second-order valence-electron chi connectivity index (χ2n) is 5.61. The van der Waals surface area contributed by atoms with Crippen LogP contribution in [0, 0.1) is 12.7 Å². The summed E-state index contributed by atoms with van der Waals surface area (Å²) in [5.41, 5.74) is 0. The van der Waals surface area contributed by atoms with Gasteiger partial charge in [0, 0.05) is 33.1 Å². The first-order chi connectivity index (χ1) is 11.9. The topological polar surface area (TPSA) is 88.8 Å². The third-order valence-electron chi connectivity index (χ3n) is 3.84. The van der Waals surface area contributed by atoms with Gasteiger partial charge in [0.15, 0.2) is 0 Å². The lowest BCUT2D eigenvalue weighted by Gasteiger charge is -2.32. The first-order valence-corrected chi connectivity index (χ1v) is 9.46. The van der Waals surface area contributed by atoms with Gasteiger partial charge in [0.1, 0.15) is 18.2 Å². The van der Waals surface area contributed by atoms with Crippen molar-refractivity contribution >= 4 is 16.0 Å². The molecule has 0 spiro atoms. The van der Waals surface area contributed by atoms with Gasteiger partial charge < -0.3 is 14.1 Å². The van der Waals surface area contributed by atoms with Crippen molar-refractivity contribution in [3.05, 3.63) is 36.0 Å². The fourth-order valence-corrected chi connectivity index (χ4v) is 3.77. The summed E-state index contributed by atoms with van der Waals surface area (Å²) in [7, 11) is -3.42. The van der Waals surface area contributed by atoms with Gasteiger partial charge in [-0.25, -0.2) is 12.8 Å². The second kappa shape index (κ2) is 7.36. The number of aryl methyl sites for hydroxylation is 1. The quantitative estimate of drug-likeness (QED) is 0.751. The smallest absolute Gasteiger partial charge is 0.318 e. The maximum absolute atomic E-state index is 12.8. The van der Waals surface area contributed by atoms with Gasteiger partial charge in [-0.2, -0.15) is 4.31 Å². The van der Waals surface area contributed by atoms with Crippen molar-refractivity contribution in [1.82, 2.24) is 14.5 Å². The first kappa shape index (κ1) is 17.6. The molecule has 0 saturated carbocycles. The number of hydrogen-bond donors (Lipinski definition) is 0. The minimum absolute atomic E-state index is 0.0109. The van der Waals surface area contributed by atoms with Crippen molar-refractivity contribution in [3.63, 3.8) is 0 Å². The molecule has 25 heavy (non-hydrogen) atoms. The van der Waals surface area contributed by atoms with Crippen LogP contribution in [0.2, 0.25) is 0 Å². The number of ether oxygens (including phenoxy) is 1. The van der Waals surface area contributed by atoms with Crippen LogP contribution >= 0.6 is 0 Å². The van der Waals surface area contributed by atoms with E-state index < -0.39 is 10.0 Å². The number of sulfonamides is 1. The van der Waals surface area contributed by atoms with Gasteiger partial charge in [-0.3, -0.25) is 0 Å². The molecule has 8 nitrogen and oxygen atoms in total. The molecule has 1 aromatic carbocycles. The minimum atomic E-state index is -3.42. The van der Waals surface area contributed by atoms with Gasteiger partial charge in [0.25, 0.3) is 0 Å². The van der Waals surface area contributed by atoms with Crippen LogP contribution in [0.3, 0.4) is 0 Å². The Morgan fingerprint density at radius 1 is 1.16 bits per heavy atom. The Hall–Kier alpha value is -2.20. The molecule has 2 heterocycles. The molecule has 1 saturated heterocycles. The Morgan fingerprint density at radius 2 is 1.84 bits per heavy atom. The molecule has 2 aromatic rings. The predicted octanol–water partition coefficient (Wildman–Crippen LogP) is 1.05. The molecule has 1 aromatic heterocycles. The molecule has 0 unspecified atom stereocenters. The lowest BCUT2D eigenvalue weighted by molar-refractivity contribution is 0.329. The van der Waals surface area contributed by atoms with Crippen molar-refractivity contribution < 1.29 is 22.0 Å². The fraction of sp³-hybridized carbons (Fsp3) is 0.467. The molecule has 0 amide bonds. The Bertz CT molecular complexity index is 801. The highest BCUT2D eigenvalue weighted by Crippen LogP contribution is 2.16. The molecule has 136 valence electrons. The zero-order valence-electron chi connectivity index (χ0n) is 13.8. The molecule has 0 bridgehead atoms. The summed E-state index contributed by atoms with van der Waals surface area (Å²) in [6.45, 7) is 3.38. The van der Waals surface area contributed by atoms with Gasteiger partial charge in [0.2, 0.25) is 15.9 Å². The number of aromatic nitrogens is 2. The van der Waals surface area contributed by atoms with E-state index in [0.717, 1.165) is 0 Å². The van der Waals surface area contributed by atoms with Gasteiger partial charge in [0.05, 0.1) is 5.75 Å². The number of piperazine rings is 1. The largest absolute Gasteiger partial charge is 0.492 e. The third-order valence-corrected chi connectivity index (χ3v) is 5.68. The minimum Gasteiger partial charge on any atom is -0.492 e. The van der Waals surface area contributed by atoms with Crippen molar-refractivity contribution in [1.29, 1.82) is 0 Å². The molecular weight excluding hydrogens is 351 g/mol. The molecular formula is C15H19FN4O4S. The van der Waals surface area contributed by atoms with Crippen LogP contribution in [0.4, 0.5) is 10.4 Å². The SMILES string of the molecule is Cc1nnc(N2CCN(S(=O)(=O)CCOc3ccc(F)cc3)CC2)o1. The second-order valence-corrected chi connectivity index (χ2v) is 7.70. The zero-order valence-corrected chi connectivity index (χ0v) is 14.6. The van der Waals surface area contributed by atoms with Crippen LogP contribution in [0.5, 0.6) is 5.75 Å². The van der Waals surface area contributed by atoms with E-state index in [1.54, 1.807) is 6.92 Å². The lowest BCUT2D eigenvalue weighted by Crippen LogP contribution is -2.49. The standard InChI is InChI=1S/C15H19FN4O4S/c1-12-17-18-15(24-12)19-6-8-20(9-7-19)25(21,22)11-10-23-14-4-2-13(16)3-5-14/h2-5H,6-11H2,1H3. The van der Waals surface area contributed by atoms with Crippen LogP contribution in [-0.2, 0) is 10.0 Å². The van der Waals surface area contributed by atoms with Gasteiger partial charge in [-0.1, -0.05) is 5.10 Å². The molecule has 0 aliphatic carbocycles. The molecule has 10 heteroatoms. The summed E-state index contributed by atoms with van der Waals surface area (Å²) in [6, 6.07) is 5.87. The molecule has 1 aliphatic heterocycles.